The van der Waals surface area contributed by atoms with Crippen molar-refractivity contribution in [2.24, 2.45) is 0 Å². The van der Waals surface area contributed by atoms with Gasteiger partial charge in [-0.2, -0.15) is 8.42 Å². The minimum atomic E-state index is -3.87. The quantitative estimate of drug-likeness (QED) is 0.106. The van der Waals surface area contributed by atoms with Gasteiger partial charge in [-0.1, -0.05) is 142 Å². The van der Waals surface area contributed by atoms with E-state index in [1.54, 1.807) is 0 Å². The van der Waals surface area contributed by atoms with E-state index in [-0.39, 0.29) is 31.5 Å². The Kier molecular flexibility index (Phi) is 12.9. The molecule has 9 heteroatoms. The van der Waals surface area contributed by atoms with Crippen molar-refractivity contribution in [3.63, 3.8) is 0 Å². The molecule has 0 amide bonds. The fourth-order valence-corrected chi connectivity index (χ4v) is 11.0. The largest absolute Gasteiger partial charge is 0.405 e. The van der Waals surface area contributed by atoms with Gasteiger partial charge in [0.25, 0.3) is 18.4 Å². The lowest BCUT2D eigenvalue weighted by Gasteiger charge is -2.44. The summed E-state index contributed by atoms with van der Waals surface area (Å²) in [5, 5.41) is 1.96. The van der Waals surface area contributed by atoms with Crippen molar-refractivity contribution in [2.75, 3.05) is 26.6 Å². The van der Waals surface area contributed by atoms with Gasteiger partial charge < -0.3 is 18.6 Å². The summed E-state index contributed by atoms with van der Waals surface area (Å²) in [6.45, 7) is 7.20. The molecule has 7 nitrogen and oxygen atoms in total. The van der Waals surface area contributed by atoms with Crippen molar-refractivity contribution >= 4 is 28.8 Å². The molecule has 46 heavy (non-hydrogen) atoms. The highest BCUT2D eigenvalue weighted by Crippen LogP contribution is 2.37. The van der Waals surface area contributed by atoms with Crippen molar-refractivity contribution in [1.82, 2.24) is 0 Å². The van der Waals surface area contributed by atoms with Gasteiger partial charge in [-0.15, -0.1) is 0 Å². The van der Waals surface area contributed by atoms with Crippen LogP contribution >= 0.6 is 0 Å². The Bertz CT molecular complexity index is 1510. The Hall–Kier alpha value is -3.15. The average Bonchev–Trinajstić information content (AvgIpc) is 3.04. The van der Waals surface area contributed by atoms with Crippen LogP contribution in [-0.4, -0.2) is 61.6 Å². The molecule has 0 aromatic heterocycles. The third-order valence-corrected chi connectivity index (χ3v) is 13.4. The Balaban J connectivity index is 1.80. The second-order valence-corrected chi connectivity index (χ2v) is 18.3. The standard InChI is InChI=1S/C37H46O7SSi/c1-37(2,3)46(32-22-14-8-15-23-32,33-24-16-9-17-25-33)43-29-34(41-26-30-18-10-6-11-19-30)36(35(28-40-4)44-45(5,38)39)42-27-31-20-12-7-13-21-31/h6-25,34-36H,26-29H2,1-5H3/t34-,35-,36-/m1/s1. The summed E-state index contributed by atoms with van der Waals surface area (Å²) in [5.41, 5.74) is 1.89. The molecule has 0 radical (unpaired) electrons. The molecule has 0 saturated carbocycles. The van der Waals surface area contributed by atoms with Gasteiger partial charge in [0.2, 0.25) is 0 Å². The number of ether oxygens (including phenoxy) is 3. The zero-order chi connectivity index (χ0) is 33.0. The smallest absolute Gasteiger partial charge is 0.264 e. The van der Waals surface area contributed by atoms with Crippen molar-refractivity contribution < 1.29 is 31.2 Å². The molecule has 4 aromatic rings. The van der Waals surface area contributed by atoms with Gasteiger partial charge in [0, 0.05) is 7.11 Å². The maximum Gasteiger partial charge on any atom is 0.264 e. The molecular weight excluding hydrogens is 617 g/mol. The SMILES string of the molecule is COC[C@@H](OS(C)(=O)=O)[C@H](OCc1ccccc1)[C@@H](CO[Si](c1ccccc1)(c1ccccc1)C(C)(C)C)OCc1ccccc1. The van der Waals surface area contributed by atoms with E-state index in [9.17, 15) is 8.42 Å². The second kappa shape index (κ2) is 16.6. The summed E-state index contributed by atoms with van der Waals surface area (Å²) in [7, 11) is -5.35. The summed E-state index contributed by atoms with van der Waals surface area (Å²) < 4.78 is 56.6. The van der Waals surface area contributed by atoms with Crippen LogP contribution in [0.1, 0.15) is 31.9 Å². The third-order valence-electron chi connectivity index (χ3n) is 7.84. The summed E-state index contributed by atoms with van der Waals surface area (Å²) in [5.74, 6) is 0. The Labute approximate surface area is 275 Å². The third kappa shape index (κ3) is 9.68. The van der Waals surface area contributed by atoms with Crippen LogP contribution < -0.4 is 10.4 Å². The maximum absolute atomic E-state index is 12.5. The van der Waals surface area contributed by atoms with Crippen molar-refractivity contribution in [3.05, 3.63) is 132 Å². The summed E-state index contributed by atoms with van der Waals surface area (Å²) in [6.07, 6.45) is -1.56. The molecule has 0 bridgehead atoms. The molecule has 0 fully saturated rings. The Morgan fingerprint density at radius 2 is 1.07 bits per heavy atom. The molecule has 0 saturated heterocycles. The summed E-state index contributed by atoms with van der Waals surface area (Å²) in [4.78, 5) is 0. The van der Waals surface area contributed by atoms with Crippen LogP contribution in [0, 0.1) is 0 Å². The van der Waals surface area contributed by atoms with Crippen molar-refractivity contribution in [1.29, 1.82) is 0 Å². The van der Waals surface area contributed by atoms with Crippen molar-refractivity contribution in [3.8, 4) is 0 Å². The topological polar surface area (TPSA) is 80.3 Å². The van der Waals surface area contributed by atoms with Crippen molar-refractivity contribution in [2.45, 2.75) is 57.3 Å². The zero-order valence-electron chi connectivity index (χ0n) is 27.4. The van der Waals surface area contributed by atoms with Crippen LogP contribution in [0.3, 0.4) is 0 Å². The molecule has 0 unspecified atom stereocenters. The van der Waals surface area contributed by atoms with Gasteiger partial charge in [0.15, 0.2) is 0 Å². The minimum absolute atomic E-state index is 0.0308. The first-order valence-corrected chi connectivity index (χ1v) is 19.2. The number of hydrogen-bond donors (Lipinski definition) is 0. The highest BCUT2D eigenvalue weighted by Gasteiger charge is 2.51. The lowest BCUT2D eigenvalue weighted by atomic mass is 10.1. The normalized spacial score (nSPS) is 14.5. The monoisotopic (exact) mass is 662 g/mol. The van der Waals surface area contributed by atoms with Gasteiger partial charge in [-0.05, 0) is 26.5 Å². The summed E-state index contributed by atoms with van der Waals surface area (Å²) >= 11 is 0. The molecule has 3 atom stereocenters. The van der Waals surface area contributed by atoms with Crippen LogP contribution in [0.5, 0.6) is 0 Å². The van der Waals surface area contributed by atoms with Crippen LogP contribution in [0.2, 0.25) is 5.04 Å². The molecule has 4 rings (SSSR count). The van der Waals surface area contributed by atoms with E-state index in [1.807, 2.05) is 97.1 Å². The first-order valence-electron chi connectivity index (χ1n) is 15.5. The lowest BCUT2D eigenvalue weighted by Crippen LogP contribution is -2.67. The van der Waals surface area contributed by atoms with Gasteiger partial charge in [-0.25, -0.2) is 0 Å². The van der Waals surface area contributed by atoms with E-state index in [2.05, 4.69) is 45.0 Å². The minimum Gasteiger partial charge on any atom is -0.405 e. The van der Waals surface area contributed by atoms with Gasteiger partial charge in [0.05, 0.1) is 32.7 Å². The fraction of sp³-hybridized carbons (Fsp3) is 0.351. The number of rotatable bonds is 17. The van der Waals surface area contributed by atoms with Crippen LogP contribution in [0.25, 0.3) is 0 Å². The van der Waals surface area contributed by atoms with E-state index >= 15 is 0 Å². The molecule has 0 spiro atoms. The van der Waals surface area contributed by atoms with E-state index in [4.69, 9.17) is 22.8 Å². The maximum atomic E-state index is 12.5. The first kappa shape index (κ1) is 35.7. The lowest BCUT2D eigenvalue weighted by molar-refractivity contribution is -0.145. The molecule has 4 aromatic carbocycles. The second-order valence-electron chi connectivity index (χ2n) is 12.4. The Morgan fingerprint density at radius 1 is 0.630 bits per heavy atom. The van der Waals surface area contributed by atoms with Crippen LogP contribution in [-0.2, 0) is 46.2 Å². The molecule has 0 aliphatic carbocycles. The van der Waals surface area contributed by atoms with Gasteiger partial charge in [-0.3, -0.25) is 4.18 Å². The van der Waals surface area contributed by atoms with E-state index in [0.717, 1.165) is 27.8 Å². The van der Waals surface area contributed by atoms with Gasteiger partial charge >= 0.3 is 0 Å². The molecular formula is C37H46O7SSi. The van der Waals surface area contributed by atoms with E-state index in [1.165, 1.54) is 7.11 Å². The zero-order valence-corrected chi connectivity index (χ0v) is 29.2. The van der Waals surface area contributed by atoms with E-state index in [0.29, 0.717) is 0 Å². The number of benzene rings is 4. The number of methoxy groups -OCH3 is 1. The Morgan fingerprint density at radius 3 is 1.48 bits per heavy atom. The van der Waals surface area contributed by atoms with Crippen LogP contribution in [0.4, 0.5) is 0 Å². The molecule has 246 valence electrons. The molecule has 0 aliphatic heterocycles. The predicted molar refractivity (Wildman–Crippen MR) is 185 cm³/mol. The fourth-order valence-electron chi connectivity index (χ4n) is 5.77. The van der Waals surface area contributed by atoms with E-state index < -0.39 is 36.7 Å². The first-order chi connectivity index (χ1) is 22.0. The highest BCUT2D eigenvalue weighted by atomic mass is 32.2. The predicted octanol–water partition coefficient (Wildman–Crippen LogP) is 5.73. The number of hydrogen-bond acceptors (Lipinski definition) is 7. The molecule has 0 N–H and O–H groups in total. The molecule has 0 heterocycles. The van der Waals surface area contributed by atoms with Crippen LogP contribution in [0.15, 0.2) is 121 Å². The molecule has 0 aliphatic rings. The average molecular weight is 663 g/mol. The summed E-state index contributed by atoms with van der Waals surface area (Å²) in [6, 6.07) is 40.3. The highest BCUT2D eigenvalue weighted by molar-refractivity contribution is 7.86. The van der Waals surface area contributed by atoms with Gasteiger partial charge in [0.1, 0.15) is 18.3 Å².